The first-order chi connectivity index (χ1) is 9.25. The van der Waals surface area contributed by atoms with Crippen molar-refractivity contribution in [2.24, 2.45) is 0 Å². The Balaban J connectivity index is 1.56. The molecular weight excluding hydrogens is 258 g/mol. The molecular formula is C13H25N5S. The Hall–Kier alpha value is -0.690. The van der Waals surface area contributed by atoms with E-state index in [1.807, 2.05) is 6.20 Å². The monoisotopic (exact) mass is 283 g/mol. The summed E-state index contributed by atoms with van der Waals surface area (Å²) >= 11 is 1.74. The lowest BCUT2D eigenvalue weighted by atomic mass is 10.3. The van der Waals surface area contributed by atoms with E-state index in [0.717, 1.165) is 52.4 Å². The van der Waals surface area contributed by atoms with Gasteiger partial charge in [-0.1, -0.05) is 0 Å². The highest BCUT2D eigenvalue weighted by Gasteiger charge is 2.17. The molecule has 0 aromatic carbocycles. The zero-order chi connectivity index (χ0) is 13.5. The standard InChI is InChI=1S/C13H25N5S/c1-16(2)6-3-14-4-7-17-8-10-18(11-9-17)13-15-5-12-19-13/h5,12,14H,3-4,6-11H2,1-2H3. The second kappa shape index (κ2) is 7.79. The molecule has 0 atom stereocenters. The smallest absolute Gasteiger partial charge is 0.185 e. The fourth-order valence-electron chi connectivity index (χ4n) is 2.20. The van der Waals surface area contributed by atoms with Gasteiger partial charge in [0.15, 0.2) is 5.13 Å². The number of thiazole rings is 1. The fraction of sp³-hybridized carbons (Fsp3) is 0.769. The molecule has 2 rings (SSSR count). The topological polar surface area (TPSA) is 34.6 Å². The summed E-state index contributed by atoms with van der Waals surface area (Å²) in [6, 6.07) is 0. The lowest BCUT2D eigenvalue weighted by molar-refractivity contribution is 0.256. The number of piperazine rings is 1. The normalized spacial score (nSPS) is 17.3. The van der Waals surface area contributed by atoms with Crippen LogP contribution < -0.4 is 10.2 Å². The Labute approximate surface area is 120 Å². The molecule has 5 nitrogen and oxygen atoms in total. The highest BCUT2D eigenvalue weighted by molar-refractivity contribution is 7.13. The third kappa shape index (κ3) is 5.06. The average molecular weight is 283 g/mol. The Morgan fingerprint density at radius 2 is 2.05 bits per heavy atom. The van der Waals surface area contributed by atoms with Crippen LogP contribution in [0.25, 0.3) is 0 Å². The van der Waals surface area contributed by atoms with Crippen LogP contribution in [0.2, 0.25) is 0 Å². The molecule has 1 fully saturated rings. The maximum atomic E-state index is 4.38. The third-order valence-electron chi connectivity index (χ3n) is 3.40. The van der Waals surface area contributed by atoms with Crippen LogP contribution in [0.4, 0.5) is 5.13 Å². The van der Waals surface area contributed by atoms with Crippen molar-refractivity contribution in [2.75, 3.05) is 71.4 Å². The van der Waals surface area contributed by atoms with Gasteiger partial charge in [-0.15, -0.1) is 11.3 Å². The van der Waals surface area contributed by atoms with Crippen molar-refractivity contribution in [2.45, 2.75) is 0 Å². The first-order valence-corrected chi connectivity index (χ1v) is 7.86. The maximum absolute atomic E-state index is 4.38. The predicted molar refractivity (Wildman–Crippen MR) is 82.2 cm³/mol. The molecule has 0 amide bonds. The lowest BCUT2D eigenvalue weighted by Crippen LogP contribution is -2.48. The molecule has 1 aliphatic heterocycles. The van der Waals surface area contributed by atoms with E-state index < -0.39 is 0 Å². The Kier molecular flexibility index (Phi) is 6.03. The summed E-state index contributed by atoms with van der Waals surface area (Å²) < 4.78 is 0. The first-order valence-electron chi connectivity index (χ1n) is 6.98. The number of anilines is 1. The van der Waals surface area contributed by atoms with E-state index >= 15 is 0 Å². The number of nitrogens with zero attached hydrogens (tertiary/aromatic N) is 4. The first kappa shape index (κ1) is 14.7. The molecule has 19 heavy (non-hydrogen) atoms. The van der Waals surface area contributed by atoms with E-state index in [1.54, 1.807) is 11.3 Å². The van der Waals surface area contributed by atoms with Crippen LogP contribution in [0.15, 0.2) is 11.6 Å². The molecule has 1 N–H and O–H groups in total. The number of hydrogen-bond donors (Lipinski definition) is 1. The van der Waals surface area contributed by atoms with Crippen molar-refractivity contribution in [3.8, 4) is 0 Å². The van der Waals surface area contributed by atoms with E-state index in [1.165, 1.54) is 5.13 Å². The number of rotatable bonds is 7. The number of nitrogens with one attached hydrogen (secondary N) is 1. The summed E-state index contributed by atoms with van der Waals surface area (Å²) in [6.07, 6.45) is 1.89. The van der Waals surface area contributed by atoms with Crippen LogP contribution in [0.1, 0.15) is 0 Å². The summed E-state index contributed by atoms with van der Waals surface area (Å²) in [4.78, 5) is 11.5. The summed E-state index contributed by atoms with van der Waals surface area (Å²) in [6.45, 7) is 8.93. The van der Waals surface area contributed by atoms with Gasteiger partial charge in [0, 0.05) is 63.9 Å². The van der Waals surface area contributed by atoms with E-state index in [9.17, 15) is 0 Å². The molecule has 0 spiro atoms. The van der Waals surface area contributed by atoms with Crippen LogP contribution in [0.5, 0.6) is 0 Å². The number of likely N-dealkylation sites (N-methyl/N-ethyl adjacent to an activating group) is 1. The van der Waals surface area contributed by atoms with Crippen molar-refractivity contribution < 1.29 is 0 Å². The van der Waals surface area contributed by atoms with Crippen molar-refractivity contribution in [1.82, 2.24) is 20.1 Å². The van der Waals surface area contributed by atoms with Gasteiger partial charge in [-0.3, -0.25) is 4.90 Å². The zero-order valence-electron chi connectivity index (χ0n) is 12.0. The van der Waals surface area contributed by atoms with Gasteiger partial charge >= 0.3 is 0 Å². The molecule has 0 radical (unpaired) electrons. The largest absolute Gasteiger partial charge is 0.346 e. The number of aromatic nitrogens is 1. The van der Waals surface area contributed by atoms with Crippen LogP contribution in [-0.4, -0.2) is 81.2 Å². The summed E-state index contributed by atoms with van der Waals surface area (Å²) in [5.74, 6) is 0. The highest BCUT2D eigenvalue weighted by Crippen LogP contribution is 2.18. The van der Waals surface area contributed by atoms with Gasteiger partial charge in [0.05, 0.1) is 0 Å². The molecule has 0 unspecified atom stereocenters. The molecule has 0 saturated carbocycles. The summed E-state index contributed by atoms with van der Waals surface area (Å²) in [5, 5.41) is 6.72. The minimum Gasteiger partial charge on any atom is -0.346 e. The zero-order valence-corrected chi connectivity index (χ0v) is 12.8. The third-order valence-corrected chi connectivity index (χ3v) is 4.23. The van der Waals surface area contributed by atoms with Gasteiger partial charge in [-0.2, -0.15) is 0 Å². The van der Waals surface area contributed by atoms with Gasteiger partial charge in [-0.25, -0.2) is 4.98 Å². The van der Waals surface area contributed by atoms with Gasteiger partial charge in [-0.05, 0) is 14.1 Å². The molecule has 108 valence electrons. The van der Waals surface area contributed by atoms with E-state index in [2.05, 4.69) is 44.5 Å². The molecule has 6 heteroatoms. The number of hydrogen-bond acceptors (Lipinski definition) is 6. The molecule has 2 heterocycles. The molecule has 1 aromatic heterocycles. The molecule has 1 aliphatic rings. The van der Waals surface area contributed by atoms with Crippen molar-refractivity contribution >= 4 is 16.5 Å². The SMILES string of the molecule is CN(C)CCNCCN1CCN(c2nccs2)CC1. The van der Waals surface area contributed by atoms with Crippen LogP contribution in [0.3, 0.4) is 0 Å². The molecule has 0 bridgehead atoms. The Morgan fingerprint density at radius 3 is 2.68 bits per heavy atom. The fourth-order valence-corrected chi connectivity index (χ4v) is 2.90. The maximum Gasteiger partial charge on any atom is 0.185 e. The van der Waals surface area contributed by atoms with Gasteiger partial charge in [0.1, 0.15) is 0 Å². The van der Waals surface area contributed by atoms with Crippen LogP contribution in [0, 0.1) is 0 Å². The molecule has 0 aliphatic carbocycles. The summed E-state index contributed by atoms with van der Waals surface area (Å²) in [5.41, 5.74) is 0. The Bertz CT molecular complexity index is 333. The second-order valence-corrected chi connectivity index (χ2v) is 6.07. The molecule has 1 saturated heterocycles. The quantitative estimate of drug-likeness (QED) is 0.734. The lowest BCUT2D eigenvalue weighted by Gasteiger charge is -2.34. The minimum absolute atomic E-state index is 1.08. The second-order valence-electron chi connectivity index (χ2n) is 5.20. The minimum atomic E-state index is 1.08. The highest BCUT2D eigenvalue weighted by atomic mass is 32.1. The van der Waals surface area contributed by atoms with E-state index in [0.29, 0.717) is 0 Å². The van der Waals surface area contributed by atoms with E-state index in [4.69, 9.17) is 0 Å². The predicted octanol–water partition coefficient (Wildman–Crippen LogP) is 0.416. The van der Waals surface area contributed by atoms with Gasteiger partial charge in [0.2, 0.25) is 0 Å². The van der Waals surface area contributed by atoms with Crippen LogP contribution >= 0.6 is 11.3 Å². The van der Waals surface area contributed by atoms with Crippen molar-refractivity contribution in [3.63, 3.8) is 0 Å². The van der Waals surface area contributed by atoms with Gasteiger partial charge < -0.3 is 15.1 Å². The van der Waals surface area contributed by atoms with E-state index in [-0.39, 0.29) is 0 Å². The summed E-state index contributed by atoms with van der Waals surface area (Å²) in [7, 11) is 4.22. The molecule has 1 aromatic rings. The van der Waals surface area contributed by atoms with Crippen molar-refractivity contribution in [1.29, 1.82) is 0 Å². The van der Waals surface area contributed by atoms with Crippen LogP contribution in [-0.2, 0) is 0 Å². The van der Waals surface area contributed by atoms with Gasteiger partial charge in [0.25, 0.3) is 0 Å². The Morgan fingerprint density at radius 1 is 1.26 bits per heavy atom. The van der Waals surface area contributed by atoms with Crippen molar-refractivity contribution in [3.05, 3.63) is 11.6 Å². The average Bonchev–Trinajstić information content (AvgIpc) is 2.93.